The molecule has 4 heterocycles. The highest BCUT2D eigenvalue weighted by Crippen LogP contribution is 2.58. The summed E-state index contributed by atoms with van der Waals surface area (Å²) in [5.74, 6) is -9.43. The van der Waals surface area contributed by atoms with Crippen molar-refractivity contribution in [1.29, 1.82) is 0 Å². The highest BCUT2D eigenvalue weighted by molar-refractivity contribution is 7.91. The van der Waals surface area contributed by atoms with Gasteiger partial charge < -0.3 is 4.52 Å². The third-order valence-electron chi connectivity index (χ3n) is 6.52. The molecule has 1 unspecified atom stereocenters. The standard InChI is InChI=1S/C21H17F8N7O3S/c1-3-40(37,38)12-7-10(13-33-17(39-35-13)18(4-5-18)20(24,25)26)8-30-15(12)36-9(2)6-11-14(34-36)32-16(31-11)19(22,23)21(27,28)29/h6-9H,3-5H2,1-2H3,(H,31,32,34). The average Bonchev–Trinajstić information content (AvgIpc) is 3.36. The van der Waals surface area contributed by atoms with Gasteiger partial charge in [0.05, 0.1) is 11.8 Å². The van der Waals surface area contributed by atoms with Crippen LogP contribution in [0.1, 0.15) is 32.6 Å². The van der Waals surface area contributed by atoms with E-state index in [-0.39, 0.29) is 35.7 Å². The average molecular weight is 599 g/mol. The van der Waals surface area contributed by atoms with Gasteiger partial charge >= 0.3 is 18.3 Å². The predicted octanol–water partition coefficient (Wildman–Crippen LogP) is 4.12. The van der Waals surface area contributed by atoms with Crippen LogP contribution in [0.5, 0.6) is 0 Å². The zero-order valence-corrected chi connectivity index (χ0v) is 21.1. The second-order valence-electron chi connectivity index (χ2n) is 9.19. The van der Waals surface area contributed by atoms with E-state index in [0.29, 0.717) is 0 Å². The van der Waals surface area contributed by atoms with Gasteiger partial charge in [0.2, 0.25) is 17.6 Å². The van der Waals surface area contributed by atoms with Gasteiger partial charge in [0.25, 0.3) is 0 Å². The Hall–Kier alpha value is -3.64. The number of hydrazine groups is 1. The molecule has 1 atom stereocenters. The molecule has 0 radical (unpaired) electrons. The van der Waals surface area contributed by atoms with E-state index in [1.165, 1.54) is 19.9 Å². The number of hydrogen-bond acceptors (Lipinski definition) is 10. The first kappa shape index (κ1) is 27.9. The molecule has 3 aliphatic rings. The van der Waals surface area contributed by atoms with Gasteiger partial charge in [-0.1, -0.05) is 12.1 Å². The molecule has 1 saturated carbocycles. The fourth-order valence-corrected chi connectivity index (χ4v) is 5.04. The Kier molecular flexibility index (Phi) is 6.05. The molecule has 0 amide bonds. The number of alkyl halides is 8. The van der Waals surface area contributed by atoms with Gasteiger partial charge in [0, 0.05) is 11.8 Å². The van der Waals surface area contributed by atoms with Gasteiger partial charge in [0.1, 0.15) is 16.0 Å². The number of nitrogens with zero attached hydrogens (tertiary/aromatic N) is 6. The van der Waals surface area contributed by atoms with E-state index in [9.17, 15) is 43.5 Å². The van der Waals surface area contributed by atoms with Crippen LogP contribution in [0.15, 0.2) is 43.4 Å². The molecule has 216 valence electrons. The molecule has 5 rings (SSSR count). The van der Waals surface area contributed by atoms with Crippen molar-refractivity contribution in [2.45, 2.75) is 61.3 Å². The van der Waals surface area contributed by atoms with E-state index < -0.39 is 67.8 Å². The van der Waals surface area contributed by atoms with E-state index in [1.54, 1.807) is 0 Å². The van der Waals surface area contributed by atoms with Crippen LogP contribution in [0.2, 0.25) is 0 Å². The van der Waals surface area contributed by atoms with Gasteiger partial charge in [-0.25, -0.2) is 23.4 Å². The van der Waals surface area contributed by atoms with Crippen molar-refractivity contribution in [3.05, 3.63) is 29.9 Å². The van der Waals surface area contributed by atoms with Crippen molar-refractivity contribution in [2.24, 2.45) is 9.98 Å². The Morgan fingerprint density at radius 2 is 1.80 bits per heavy atom. The highest BCUT2D eigenvalue weighted by Gasteiger charge is 2.68. The summed E-state index contributed by atoms with van der Waals surface area (Å²) in [6, 6.07) is 0.159. The second-order valence-corrected chi connectivity index (χ2v) is 11.4. The molecular formula is C21H17F8N7O3S. The molecule has 1 N–H and O–H groups in total. The van der Waals surface area contributed by atoms with E-state index >= 15 is 0 Å². The van der Waals surface area contributed by atoms with Gasteiger partial charge in [-0.15, -0.1) is 0 Å². The highest BCUT2D eigenvalue weighted by atomic mass is 32.2. The number of pyridine rings is 1. The first-order valence-corrected chi connectivity index (χ1v) is 13.1. The third-order valence-corrected chi connectivity index (χ3v) is 8.25. The fraction of sp³-hybridized carbons (Fsp3) is 0.476. The molecule has 1 aliphatic carbocycles. The van der Waals surface area contributed by atoms with E-state index in [4.69, 9.17) is 4.52 Å². The number of fused-ring (bicyclic) bond motifs is 1. The Morgan fingerprint density at radius 3 is 2.38 bits per heavy atom. The lowest BCUT2D eigenvalue weighted by atomic mass is 10.1. The molecule has 0 aromatic carbocycles. The Bertz CT molecular complexity index is 1570. The minimum absolute atomic E-state index is 0.0988. The van der Waals surface area contributed by atoms with Crippen molar-refractivity contribution < 1.29 is 48.1 Å². The largest absolute Gasteiger partial charge is 0.461 e. The number of rotatable bonds is 6. The second kappa shape index (κ2) is 8.68. The summed E-state index contributed by atoms with van der Waals surface area (Å²) in [6.45, 7) is 2.76. The smallest absolute Gasteiger partial charge is 0.338 e. The van der Waals surface area contributed by atoms with Crippen LogP contribution >= 0.6 is 0 Å². The van der Waals surface area contributed by atoms with Crippen molar-refractivity contribution in [3.63, 3.8) is 0 Å². The molecule has 19 heteroatoms. The molecule has 2 aliphatic heterocycles. The Labute approximate surface area is 219 Å². The number of halogens is 8. The minimum atomic E-state index is -5.96. The number of nitrogens with one attached hydrogen (secondary N) is 1. The van der Waals surface area contributed by atoms with Crippen LogP contribution in [-0.4, -0.2) is 65.3 Å². The summed E-state index contributed by atoms with van der Waals surface area (Å²) < 4.78 is 137. The molecule has 10 nitrogen and oxygen atoms in total. The predicted molar refractivity (Wildman–Crippen MR) is 121 cm³/mol. The number of hydrogen-bond donors (Lipinski definition) is 1. The molecule has 0 saturated heterocycles. The van der Waals surface area contributed by atoms with Crippen molar-refractivity contribution in [1.82, 2.24) is 20.6 Å². The van der Waals surface area contributed by atoms with Crippen LogP contribution in [-0.2, 0) is 15.3 Å². The van der Waals surface area contributed by atoms with Crippen LogP contribution in [0.25, 0.3) is 11.4 Å². The number of anilines is 1. The molecular weight excluding hydrogens is 582 g/mol. The summed E-state index contributed by atoms with van der Waals surface area (Å²) in [4.78, 5) is 14.0. The summed E-state index contributed by atoms with van der Waals surface area (Å²) in [6.07, 6.45) is -8.86. The lowest BCUT2D eigenvalue weighted by molar-refractivity contribution is -0.249. The minimum Gasteiger partial charge on any atom is -0.338 e. The maximum Gasteiger partial charge on any atom is 0.461 e. The normalized spacial score (nSPS) is 20.9. The third kappa shape index (κ3) is 4.29. The SMILES string of the molecule is CCS(=O)(=O)c1cc(-c2noc(C3(C(F)(F)F)CC3)n2)cnc1N1NC2=NC(C(F)(F)C(F)(F)F)=NC2=CC1C. The topological polar surface area (TPSA) is 126 Å². The van der Waals surface area contributed by atoms with Crippen molar-refractivity contribution >= 4 is 27.3 Å². The fourth-order valence-electron chi connectivity index (χ4n) is 3.99. The van der Waals surface area contributed by atoms with E-state index in [0.717, 1.165) is 17.3 Å². The van der Waals surface area contributed by atoms with Crippen LogP contribution in [0, 0.1) is 0 Å². The van der Waals surface area contributed by atoms with Crippen molar-refractivity contribution in [3.8, 4) is 11.4 Å². The van der Waals surface area contributed by atoms with Crippen LogP contribution < -0.4 is 10.4 Å². The lowest BCUT2D eigenvalue weighted by Gasteiger charge is -2.34. The van der Waals surface area contributed by atoms with Crippen molar-refractivity contribution in [2.75, 3.05) is 10.8 Å². The van der Waals surface area contributed by atoms with Gasteiger partial charge in [-0.3, -0.25) is 10.4 Å². The number of amidine groups is 2. The Balaban J connectivity index is 1.52. The molecule has 0 spiro atoms. The lowest BCUT2D eigenvalue weighted by Crippen LogP contribution is -2.51. The number of aliphatic imine (C=N–C) groups is 2. The monoisotopic (exact) mass is 599 g/mol. The zero-order valence-electron chi connectivity index (χ0n) is 20.3. The first-order chi connectivity index (χ1) is 18.4. The summed E-state index contributed by atoms with van der Waals surface area (Å²) in [5, 5.41) is 4.61. The van der Waals surface area contributed by atoms with E-state index in [1.807, 2.05) is 0 Å². The summed E-state index contributed by atoms with van der Waals surface area (Å²) in [5.41, 5.74) is -0.214. The molecule has 2 aromatic rings. The summed E-state index contributed by atoms with van der Waals surface area (Å²) >= 11 is 0. The summed E-state index contributed by atoms with van der Waals surface area (Å²) in [7, 11) is -4.11. The molecule has 1 fully saturated rings. The Morgan fingerprint density at radius 1 is 1.12 bits per heavy atom. The van der Waals surface area contributed by atoms with Gasteiger partial charge in [0.15, 0.2) is 21.5 Å². The first-order valence-electron chi connectivity index (χ1n) is 11.5. The zero-order chi connectivity index (χ0) is 29.5. The quantitative estimate of drug-likeness (QED) is 0.492. The van der Waals surface area contributed by atoms with Gasteiger partial charge in [-0.2, -0.15) is 40.1 Å². The number of sulfone groups is 1. The van der Waals surface area contributed by atoms with Gasteiger partial charge in [-0.05, 0) is 31.9 Å². The molecule has 2 aromatic heterocycles. The van der Waals surface area contributed by atoms with Crippen LogP contribution in [0.3, 0.4) is 0 Å². The van der Waals surface area contributed by atoms with Crippen LogP contribution in [0.4, 0.5) is 40.9 Å². The molecule has 40 heavy (non-hydrogen) atoms. The maximum atomic E-state index is 13.8. The maximum absolute atomic E-state index is 13.8. The molecule has 0 bridgehead atoms. The number of aromatic nitrogens is 3. The van der Waals surface area contributed by atoms with E-state index in [2.05, 4.69) is 30.5 Å².